The van der Waals surface area contributed by atoms with Gasteiger partial charge in [-0.1, -0.05) is 18.2 Å². The standard InChI is InChI=1S/C18H18N6/c1-22-13-7-4-9-15(19-13)23(2)17-11-6-12-18(21-17)24(3)16-10-5-8-14(22)20-16/h4-12H,1-3H3. The number of rotatable bonds is 0. The molecule has 0 spiro atoms. The van der Waals surface area contributed by atoms with Crippen molar-refractivity contribution in [2.75, 3.05) is 35.8 Å². The lowest BCUT2D eigenvalue weighted by molar-refractivity contribution is 0.997. The molecule has 0 radical (unpaired) electrons. The summed E-state index contributed by atoms with van der Waals surface area (Å²) in [5.41, 5.74) is 0. The second-order valence-electron chi connectivity index (χ2n) is 5.74. The highest BCUT2D eigenvalue weighted by molar-refractivity contribution is 5.66. The van der Waals surface area contributed by atoms with Crippen LogP contribution in [0.1, 0.15) is 0 Å². The molecular formula is C18H18N6. The Labute approximate surface area is 141 Å². The van der Waals surface area contributed by atoms with Crippen LogP contribution in [0.15, 0.2) is 54.6 Å². The van der Waals surface area contributed by atoms with Gasteiger partial charge in [-0.15, -0.1) is 0 Å². The Kier molecular flexibility index (Phi) is 3.30. The average molecular weight is 318 g/mol. The molecule has 0 aromatic carbocycles. The molecule has 0 fully saturated rings. The van der Waals surface area contributed by atoms with Crippen molar-refractivity contribution in [2.45, 2.75) is 0 Å². The van der Waals surface area contributed by atoms with Gasteiger partial charge < -0.3 is 14.7 Å². The van der Waals surface area contributed by atoms with Crippen molar-refractivity contribution in [1.29, 1.82) is 0 Å². The minimum atomic E-state index is 0.836. The van der Waals surface area contributed by atoms with Gasteiger partial charge in [0.25, 0.3) is 0 Å². The Balaban J connectivity index is 1.98. The van der Waals surface area contributed by atoms with Crippen LogP contribution in [0.25, 0.3) is 0 Å². The Morgan fingerprint density at radius 1 is 0.458 bits per heavy atom. The molecule has 0 amide bonds. The van der Waals surface area contributed by atoms with Crippen molar-refractivity contribution in [1.82, 2.24) is 15.0 Å². The predicted octanol–water partition coefficient (Wildman–Crippen LogP) is 3.49. The first-order chi connectivity index (χ1) is 11.6. The zero-order chi connectivity index (χ0) is 16.7. The number of pyridine rings is 3. The molecule has 1 aliphatic heterocycles. The van der Waals surface area contributed by atoms with E-state index in [2.05, 4.69) is 0 Å². The van der Waals surface area contributed by atoms with Gasteiger partial charge in [0.1, 0.15) is 34.9 Å². The van der Waals surface area contributed by atoms with Crippen LogP contribution in [0.5, 0.6) is 0 Å². The van der Waals surface area contributed by atoms with Crippen LogP contribution in [0.4, 0.5) is 34.9 Å². The van der Waals surface area contributed by atoms with Crippen LogP contribution in [0.3, 0.4) is 0 Å². The molecule has 6 nitrogen and oxygen atoms in total. The third-order valence-electron chi connectivity index (χ3n) is 4.22. The van der Waals surface area contributed by atoms with Gasteiger partial charge in [-0.25, -0.2) is 15.0 Å². The average Bonchev–Trinajstić information content (AvgIpc) is 2.66. The Bertz CT molecular complexity index is 719. The topological polar surface area (TPSA) is 48.4 Å². The largest absolute Gasteiger partial charge is 0.314 e. The van der Waals surface area contributed by atoms with E-state index in [1.165, 1.54) is 0 Å². The van der Waals surface area contributed by atoms with E-state index < -0.39 is 0 Å². The van der Waals surface area contributed by atoms with Gasteiger partial charge in [0.2, 0.25) is 0 Å². The summed E-state index contributed by atoms with van der Waals surface area (Å²) >= 11 is 0. The fourth-order valence-electron chi connectivity index (χ4n) is 2.71. The predicted molar refractivity (Wildman–Crippen MR) is 96.9 cm³/mol. The number of fused-ring (bicyclic) bond motifs is 6. The molecule has 24 heavy (non-hydrogen) atoms. The van der Waals surface area contributed by atoms with Crippen molar-refractivity contribution in [3.05, 3.63) is 54.6 Å². The smallest absolute Gasteiger partial charge is 0.136 e. The first kappa shape index (κ1) is 14.4. The highest BCUT2D eigenvalue weighted by Gasteiger charge is 2.16. The van der Waals surface area contributed by atoms with Crippen LogP contribution < -0.4 is 14.7 Å². The lowest BCUT2D eigenvalue weighted by Crippen LogP contribution is -2.20. The first-order valence-electron chi connectivity index (χ1n) is 7.76. The summed E-state index contributed by atoms with van der Waals surface area (Å²) in [4.78, 5) is 20.2. The Morgan fingerprint density at radius 2 is 0.667 bits per heavy atom. The van der Waals surface area contributed by atoms with Crippen molar-refractivity contribution >= 4 is 34.9 Å². The van der Waals surface area contributed by atoms with E-state index in [9.17, 15) is 0 Å². The quantitative estimate of drug-likeness (QED) is 0.632. The van der Waals surface area contributed by atoms with E-state index in [0.717, 1.165) is 34.9 Å². The maximum atomic E-state index is 4.75. The second-order valence-corrected chi connectivity index (χ2v) is 5.74. The maximum absolute atomic E-state index is 4.75. The summed E-state index contributed by atoms with van der Waals surface area (Å²) < 4.78 is 0. The van der Waals surface area contributed by atoms with Gasteiger partial charge in [0, 0.05) is 21.1 Å². The highest BCUT2D eigenvalue weighted by Crippen LogP contribution is 2.30. The number of nitrogens with zero attached hydrogens (tertiary/aromatic N) is 6. The zero-order valence-corrected chi connectivity index (χ0v) is 13.9. The fraction of sp³-hybridized carbons (Fsp3) is 0.167. The van der Waals surface area contributed by atoms with Gasteiger partial charge in [-0.3, -0.25) is 0 Å². The molecule has 4 rings (SSSR count). The van der Waals surface area contributed by atoms with E-state index >= 15 is 0 Å². The first-order valence-corrected chi connectivity index (χ1v) is 7.76. The molecule has 3 aromatic heterocycles. The molecule has 6 bridgehead atoms. The van der Waals surface area contributed by atoms with Gasteiger partial charge in [-0.05, 0) is 36.4 Å². The maximum Gasteiger partial charge on any atom is 0.136 e. The number of hydrogen-bond donors (Lipinski definition) is 0. The summed E-state index contributed by atoms with van der Waals surface area (Å²) in [6.07, 6.45) is 0. The molecule has 0 N–H and O–H groups in total. The molecule has 4 heterocycles. The summed E-state index contributed by atoms with van der Waals surface area (Å²) in [5, 5.41) is 0. The van der Waals surface area contributed by atoms with Crippen LogP contribution in [-0.4, -0.2) is 36.1 Å². The van der Waals surface area contributed by atoms with E-state index in [-0.39, 0.29) is 0 Å². The fourth-order valence-corrected chi connectivity index (χ4v) is 2.71. The lowest BCUT2D eigenvalue weighted by atomic mass is 10.3. The van der Waals surface area contributed by atoms with E-state index in [4.69, 9.17) is 15.0 Å². The number of aromatic nitrogens is 3. The summed E-state index contributed by atoms with van der Waals surface area (Å²) in [7, 11) is 5.92. The van der Waals surface area contributed by atoms with Crippen molar-refractivity contribution in [3.8, 4) is 0 Å². The molecule has 6 heteroatoms. The molecule has 3 aromatic rings. The number of hydrogen-bond acceptors (Lipinski definition) is 6. The Morgan fingerprint density at radius 3 is 0.875 bits per heavy atom. The summed E-state index contributed by atoms with van der Waals surface area (Å²) in [6.45, 7) is 0. The van der Waals surface area contributed by atoms with Gasteiger partial charge in [0.15, 0.2) is 0 Å². The minimum absolute atomic E-state index is 0.836. The minimum Gasteiger partial charge on any atom is -0.314 e. The molecule has 0 atom stereocenters. The van der Waals surface area contributed by atoms with Crippen molar-refractivity contribution in [3.63, 3.8) is 0 Å². The highest BCUT2D eigenvalue weighted by atomic mass is 15.3. The molecule has 0 saturated carbocycles. The molecule has 120 valence electrons. The van der Waals surface area contributed by atoms with Crippen molar-refractivity contribution in [2.24, 2.45) is 0 Å². The van der Waals surface area contributed by atoms with E-state index in [1.54, 1.807) is 0 Å². The summed E-state index contributed by atoms with van der Waals surface area (Å²) in [6, 6.07) is 17.9. The van der Waals surface area contributed by atoms with Gasteiger partial charge >= 0.3 is 0 Å². The van der Waals surface area contributed by atoms with Crippen LogP contribution in [0, 0.1) is 0 Å². The zero-order valence-electron chi connectivity index (χ0n) is 13.9. The molecular weight excluding hydrogens is 300 g/mol. The Hall–Kier alpha value is -3.15. The van der Waals surface area contributed by atoms with E-state index in [1.807, 2.05) is 90.4 Å². The molecule has 0 saturated heterocycles. The van der Waals surface area contributed by atoms with Gasteiger partial charge in [-0.2, -0.15) is 0 Å². The van der Waals surface area contributed by atoms with Crippen molar-refractivity contribution < 1.29 is 0 Å². The monoisotopic (exact) mass is 318 g/mol. The van der Waals surface area contributed by atoms with Crippen LogP contribution in [0.2, 0.25) is 0 Å². The molecule has 0 unspecified atom stereocenters. The van der Waals surface area contributed by atoms with Crippen LogP contribution in [-0.2, 0) is 0 Å². The lowest BCUT2D eigenvalue weighted by Gasteiger charge is -2.26. The molecule has 0 aliphatic carbocycles. The molecule has 1 aliphatic rings. The normalized spacial score (nSPS) is 13.4. The van der Waals surface area contributed by atoms with E-state index in [0.29, 0.717) is 0 Å². The second kappa shape index (κ2) is 5.49. The SMILES string of the molecule is CN1c2cccc(n2)N(C)c2cccc(n2)N(C)c2cccc1n2. The third kappa shape index (κ3) is 2.32. The van der Waals surface area contributed by atoms with Gasteiger partial charge in [0.05, 0.1) is 0 Å². The number of anilines is 6. The van der Waals surface area contributed by atoms with Crippen LogP contribution >= 0.6 is 0 Å². The third-order valence-corrected chi connectivity index (χ3v) is 4.22. The summed E-state index contributed by atoms with van der Waals surface area (Å²) in [5.74, 6) is 5.02.